The van der Waals surface area contributed by atoms with Crippen molar-refractivity contribution >= 4 is 55.8 Å². The van der Waals surface area contributed by atoms with Gasteiger partial charge in [-0.3, -0.25) is 0 Å². The minimum Gasteiger partial charge on any atom is -0.144 e. The SMILES string of the molecule is Clc1ccc2c(-c3cccs3)c3ccccc3c(-c3cccs3)c2c1. The lowest BCUT2D eigenvalue weighted by Gasteiger charge is -2.16. The molecule has 3 aromatic carbocycles. The van der Waals surface area contributed by atoms with E-state index in [-0.39, 0.29) is 0 Å². The lowest BCUT2D eigenvalue weighted by Crippen LogP contribution is -1.88. The highest BCUT2D eigenvalue weighted by molar-refractivity contribution is 7.14. The van der Waals surface area contributed by atoms with Crippen LogP contribution in [0.15, 0.2) is 77.5 Å². The van der Waals surface area contributed by atoms with Gasteiger partial charge < -0.3 is 0 Å². The summed E-state index contributed by atoms with van der Waals surface area (Å²) in [5.74, 6) is 0. The molecule has 0 spiro atoms. The Kier molecular flexibility index (Phi) is 3.63. The summed E-state index contributed by atoms with van der Waals surface area (Å²) in [7, 11) is 0. The fourth-order valence-corrected chi connectivity index (χ4v) is 5.29. The van der Waals surface area contributed by atoms with Crippen molar-refractivity contribution in [1.29, 1.82) is 0 Å². The second-order valence-corrected chi connectivity index (χ2v) is 8.27. The molecule has 0 bridgehead atoms. The zero-order chi connectivity index (χ0) is 16.8. The maximum atomic E-state index is 6.39. The lowest BCUT2D eigenvalue weighted by atomic mass is 9.90. The summed E-state index contributed by atoms with van der Waals surface area (Å²) in [6, 6.07) is 23.6. The molecule has 5 aromatic rings. The minimum absolute atomic E-state index is 0.776. The van der Waals surface area contributed by atoms with Gasteiger partial charge in [0.25, 0.3) is 0 Å². The molecule has 5 rings (SSSR count). The Morgan fingerprint density at radius 3 is 1.68 bits per heavy atom. The van der Waals surface area contributed by atoms with Crippen LogP contribution in [0.4, 0.5) is 0 Å². The molecule has 0 aliphatic heterocycles. The van der Waals surface area contributed by atoms with Crippen LogP contribution in [0.3, 0.4) is 0 Å². The molecule has 0 fully saturated rings. The molecule has 120 valence electrons. The quantitative estimate of drug-likeness (QED) is 0.273. The molecule has 0 atom stereocenters. The first kappa shape index (κ1) is 15.2. The molecular weight excluding hydrogens is 364 g/mol. The maximum Gasteiger partial charge on any atom is 0.0412 e. The Morgan fingerprint density at radius 2 is 1.12 bits per heavy atom. The van der Waals surface area contributed by atoms with E-state index in [1.165, 1.54) is 42.4 Å². The molecule has 0 saturated heterocycles. The third-order valence-electron chi connectivity index (χ3n) is 4.52. The van der Waals surface area contributed by atoms with Crippen molar-refractivity contribution in [2.45, 2.75) is 0 Å². The van der Waals surface area contributed by atoms with Crippen LogP contribution < -0.4 is 0 Å². The first-order valence-electron chi connectivity index (χ1n) is 8.04. The van der Waals surface area contributed by atoms with Gasteiger partial charge in [0.05, 0.1) is 0 Å². The molecule has 0 N–H and O–H groups in total. The minimum atomic E-state index is 0.776. The van der Waals surface area contributed by atoms with Crippen LogP contribution in [0.5, 0.6) is 0 Å². The van der Waals surface area contributed by atoms with Gasteiger partial charge in [-0.25, -0.2) is 0 Å². The molecule has 25 heavy (non-hydrogen) atoms. The van der Waals surface area contributed by atoms with E-state index < -0.39 is 0 Å². The van der Waals surface area contributed by atoms with Crippen molar-refractivity contribution in [2.24, 2.45) is 0 Å². The zero-order valence-corrected chi connectivity index (χ0v) is 15.6. The molecule has 2 heterocycles. The summed E-state index contributed by atoms with van der Waals surface area (Å²) >= 11 is 9.94. The second-order valence-electron chi connectivity index (χ2n) is 5.94. The molecule has 0 saturated carbocycles. The first-order chi connectivity index (χ1) is 12.3. The van der Waals surface area contributed by atoms with Gasteiger partial charge in [0, 0.05) is 25.9 Å². The van der Waals surface area contributed by atoms with Crippen molar-refractivity contribution in [3.05, 3.63) is 82.5 Å². The number of thiophene rings is 2. The third kappa shape index (κ3) is 2.41. The summed E-state index contributed by atoms with van der Waals surface area (Å²) in [6.45, 7) is 0. The lowest BCUT2D eigenvalue weighted by molar-refractivity contribution is 1.74. The molecule has 2 aromatic heterocycles. The Balaban J connectivity index is 2.07. The van der Waals surface area contributed by atoms with Gasteiger partial charge in [-0.1, -0.05) is 54.1 Å². The van der Waals surface area contributed by atoms with E-state index in [4.69, 9.17) is 11.6 Å². The van der Waals surface area contributed by atoms with Gasteiger partial charge in [-0.2, -0.15) is 0 Å². The molecule has 0 unspecified atom stereocenters. The molecule has 0 radical (unpaired) electrons. The van der Waals surface area contributed by atoms with E-state index in [9.17, 15) is 0 Å². The van der Waals surface area contributed by atoms with E-state index in [0.29, 0.717) is 0 Å². The standard InChI is InChI=1S/C22H13ClS2/c23-14-9-10-17-18(13-14)22(20-8-4-12-25-20)16-6-2-1-5-15(16)21(17)19-7-3-11-24-19/h1-13H. The number of rotatable bonds is 2. The van der Waals surface area contributed by atoms with Crippen LogP contribution in [0, 0.1) is 0 Å². The number of hydrogen-bond acceptors (Lipinski definition) is 2. The maximum absolute atomic E-state index is 6.39. The number of fused-ring (bicyclic) bond motifs is 2. The van der Waals surface area contributed by atoms with Crippen LogP contribution in [0.1, 0.15) is 0 Å². The zero-order valence-electron chi connectivity index (χ0n) is 13.2. The number of halogens is 1. The third-order valence-corrected chi connectivity index (χ3v) is 6.53. The smallest absolute Gasteiger partial charge is 0.0412 e. The number of benzene rings is 3. The average molecular weight is 377 g/mol. The summed E-state index contributed by atoms with van der Waals surface area (Å²) in [4.78, 5) is 2.57. The van der Waals surface area contributed by atoms with E-state index in [0.717, 1.165) is 5.02 Å². The highest BCUT2D eigenvalue weighted by Gasteiger charge is 2.17. The van der Waals surface area contributed by atoms with E-state index >= 15 is 0 Å². The van der Waals surface area contributed by atoms with Crippen LogP contribution in [-0.2, 0) is 0 Å². The normalized spacial score (nSPS) is 11.4. The van der Waals surface area contributed by atoms with E-state index in [2.05, 4.69) is 71.4 Å². The van der Waals surface area contributed by atoms with Gasteiger partial charge in [0.15, 0.2) is 0 Å². The topological polar surface area (TPSA) is 0 Å². The van der Waals surface area contributed by atoms with Crippen LogP contribution in [0.2, 0.25) is 5.02 Å². The van der Waals surface area contributed by atoms with Gasteiger partial charge in [-0.15, -0.1) is 22.7 Å². The van der Waals surface area contributed by atoms with Gasteiger partial charge in [0.2, 0.25) is 0 Å². The second kappa shape index (κ2) is 5.99. The Labute approximate surface area is 158 Å². The van der Waals surface area contributed by atoms with Crippen molar-refractivity contribution in [1.82, 2.24) is 0 Å². The van der Waals surface area contributed by atoms with E-state index in [1.807, 2.05) is 6.07 Å². The summed E-state index contributed by atoms with van der Waals surface area (Å²) in [6.07, 6.45) is 0. The fourth-order valence-electron chi connectivity index (χ4n) is 3.52. The fraction of sp³-hybridized carbons (Fsp3) is 0. The molecule has 0 amide bonds. The Bertz CT molecular complexity index is 1190. The molecule has 3 heteroatoms. The molecule has 0 nitrogen and oxygen atoms in total. The van der Waals surface area contributed by atoms with Crippen molar-refractivity contribution in [3.8, 4) is 20.9 Å². The summed E-state index contributed by atoms with van der Waals surface area (Å²) in [5, 5.41) is 10.1. The predicted molar refractivity (Wildman–Crippen MR) is 113 cm³/mol. The largest absolute Gasteiger partial charge is 0.144 e. The average Bonchev–Trinajstić information content (AvgIpc) is 3.33. The van der Waals surface area contributed by atoms with E-state index in [1.54, 1.807) is 22.7 Å². The van der Waals surface area contributed by atoms with Crippen molar-refractivity contribution in [3.63, 3.8) is 0 Å². The van der Waals surface area contributed by atoms with Crippen LogP contribution in [0.25, 0.3) is 42.4 Å². The summed E-state index contributed by atoms with van der Waals surface area (Å²) in [5.41, 5.74) is 2.58. The monoisotopic (exact) mass is 376 g/mol. The van der Waals surface area contributed by atoms with Gasteiger partial charge in [0.1, 0.15) is 0 Å². The Morgan fingerprint density at radius 1 is 0.560 bits per heavy atom. The first-order valence-corrected chi connectivity index (χ1v) is 10.2. The highest BCUT2D eigenvalue weighted by Crippen LogP contribution is 2.46. The highest BCUT2D eigenvalue weighted by atomic mass is 35.5. The van der Waals surface area contributed by atoms with Crippen LogP contribution >= 0.6 is 34.3 Å². The Hall–Kier alpha value is -2.13. The molecule has 0 aliphatic carbocycles. The van der Waals surface area contributed by atoms with Crippen LogP contribution in [-0.4, -0.2) is 0 Å². The molecular formula is C22H13ClS2. The van der Waals surface area contributed by atoms with Crippen molar-refractivity contribution in [2.75, 3.05) is 0 Å². The van der Waals surface area contributed by atoms with Gasteiger partial charge in [-0.05, 0) is 56.6 Å². The predicted octanol–water partition coefficient (Wildman–Crippen LogP) is 8.10. The van der Waals surface area contributed by atoms with Gasteiger partial charge >= 0.3 is 0 Å². The number of hydrogen-bond donors (Lipinski definition) is 0. The summed E-state index contributed by atoms with van der Waals surface area (Å²) < 4.78 is 0. The van der Waals surface area contributed by atoms with Crippen molar-refractivity contribution < 1.29 is 0 Å². The molecule has 0 aliphatic rings.